The Balaban J connectivity index is 1.94. The summed E-state index contributed by atoms with van der Waals surface area (Å²) in [7, 11) is 0. The van der Waals surface area contributed by atoms with Crippen molar-refractivity contribution in [1.29, 1.82) is 0 Å². The number of ether oxygens (including phenoxy) is 1. The average Bonchev–Trinajstić information content (AvgIpc) is 2.85. The van der Waals surface area contributed by atoms with Crippen LogP contribution < -0.4 is 5.32 Å². The molecule has 1 aromatic rings. The predicted molar refractivity (Wildman–Crippen MR) is 81.1 cm³/mol. The number of carbonyl (C=O) groups is 2. The molecule has 1 heterocycles. The van der Waals surface area contributed by atoms with Crippen molar-refractivity contribution in [3.8, 4) is 0 Å². The molecule has 132 valence electrons. The highest BCUT2D eigenvalue weighted by Gasteiger charge is 2.40. The smallest absolute Gasteiger partial charge is 0.377 e. The summed E-state index contributed by atoms with van der Waals surface area (Å²) < 4.78 is 42.5. The number of halogens is 3. The van der Waals surface area contributed by atoms with E-state index in [-0.39, 0.29) is 13.0 Å². The Morgan fingerprint density at radius 2 is 2.17 bits per heavy atom. The molecule has 5 nitrogen and oxygen atoms in total. The third-order valence-corrected chi connectivity index (χ3v) is 3.62. The first-order valence-electron chi connectivity index (χ1n) is 7.60. The summed E-state index contributed by atoms with van der Waals surface area (Å²) in [5, 5.41) is 2.65. The molecule has 1 fully saturated rings. The fourth-order valence-corrected chi connectivity index (χ4v) is 2.52. The maximum atomic E-state index is 12.4. The number of nitrogens with zero attached hydrogens (tertiary/aromatic N) is 1. The van der Waals surface area contributed by atoms with E-state index < -0.39 is 30.5 Å². The molecule has 0 spiro atoms. The quantitative estimate of drug-likeness (QED) is 0.863. The van der Waals surface area contributed by atoms with Crippen LogP contribution in [0.3, 0.4) is 0 Å². The third-order valence-electron chi connectivity index (χ3n) is 3.62. The first kappa shape index (κ1) is 18.3. The zero-order chi connectivity index (χ0) is 17.7. The van der Waals surface area contributed by atoms with Crippen LogP contribution in [0, 0.1) is 5.92 Å². The van der Waals surface area contributed by atoms with Gasteiger partial charge < -0.3 is 15.0 Å². The van der Waals surface area contributed by atoms with Crippen LogP contribution in [0.5, 0.6) is 0 Å². The van der Waals surface area contributed by atoms with Gasteiger partial charge in [0.2, 0.25) is 11.8 Å². The molecule has 0 saturated carbocycles. The second-order valence-electron chi connectivity index (χ2n) is 5.62. The number of likely N-dealkylation sites (tertiary alicyclic amines) is 1. The molecule has 1 aliphatic rings. The topological polar surface area (TPSA) is 58.6 Å². The maximum Gasteiger partial charge on any atom is 0.406 e. The van der Waals surface area contributed by atoms with Crippen molar-refractivity contribution in [2.75, 3.05) is 25.0 Å². The van der Waals surface area contributed by atoms with E-state index in [1.54, 1.807) is 18.2 Å². The minimum absolute atomic E-state index is 0.208. The monoisotopic (exact) mass is 344 g/mol. The molecule has 0 aliphatic carbocycles. The van der Waals surface area contributed by atoms with Gasteiger partial charge in [0, 0.05) is 25.3 Å². The fraction of sp³-hybridized carbons (Fsp3) is 0.500. The first-order chi connectivity index (χ1) is 11.3. The van der Waals surface area contributed by atoms with Crippen LogP contribution >= 0.6 is 0 Å². The first-order valence-corrected chi connectivity index (χ1v) is 7.60. The van der Waals surface area contributed by atoms with Crippen LogP contribution in [0.25, 0.3) is 0 Å². The maximum absolute atomic E-state index is 12.4. The van der Waals surface area contributed by atoms with Crippen molar-refractivity contribution in [1.82, 2.24) is 4.90 Å². The van der Waals surface area contributed by atoms with E-state index in [2.05, 4.69) is 5.32 Å². The van der Waals surface area contributed by atoms with Gasteiger partial charge in [0.25, 0.3) is 0 Å². The second-order valence-corrected chi connectivity index (χ2v) is 5.62. The van der Waals surface area contributed by atoms with E-state index in [9.17, 15) is 22.8 Å². The van der Waals surface area contributed by atoms with Crippen LogP contribution in [0.15, 0.2) is 24.3 Å². The van der Waals surface area contributed by atoms with Gasteiger partial charge in [-0.25, -0.2) is 0 Å². The summed E-state index contributed by atoms with van der Waals surface area (Å²) in [5.41, 5.74) is 1.40. The van der Waals surface area contributed by atoms with Crippen LogP contribution in [-0.4, -0.2) is 42.6 Å². The summed E-state index contributed by atoms with van der Waals surface area (Å²) in [5.74, 6) is -1.89. The molecule has 2 amide bonds. The van der Waals surface area contributed by atoms with Gasteiger partial charge in [-0.2, -0.15) is 13.2 Å². The Morgan fingerprint density at radius 1 is 1.42 bits per heavy atom. The third kappa shape index (κ3) is 5.23. The number of rotatable bonds is 6. The number of benzene rings is 1. The van der Waals surface area contributed by atoms with Gasteiger partial charge in [0.05, 0.1) is 12.5 Å². The molecule has 0 aromatic heterocycles. The predicted octanol–water partition coefficient (Wildman–Crippen LogP) is 2.57. The van der Waals surface area contributed by atoms with Gasteiger partial charge in [0.1, 0.15) is 6.54 Å². The van der Waals surface area contributed by atoms with Crippen molar-refractivity contribution in [2.24, 2.45) is 5.92 Å². The lowest BCUT2D eigenvalue weighted by Gasteiger charge is -2.18. The van der Waals surface area contributed by atoms with E-state index in [4.69, 9.17) is 4.74 Å². The van der Waals surface area contributed by atoms with E-state index in [0.717, 1.165) is 5.56 Å². The Labute approximate surface area is 137 Å². The lowest BCUT2D eigenvalue weighted by Crippen LogP contribution is -2.36. The fourth-order valence-electron chi connectivity index (χ4n) is 2.52. The zero-order valence-corrected chi connectivity index (χ0v) is 13.2. The van der Waals surface area contributed by atoms with Crippen LogP contribution in [-0.2, 0) is 20.9 Å². The lowest BCUT2D eigenvalue weighted by molar-refractivity contribution is -0.157. The Hall–Kier alpha value is -2.09. The van der Waals surface area contributed by atoms with Gasteiger partial charge >= 0.3 is 6.18 Å². The number of hydrogen-bond donors (Lipinski definition) is 1. The van der Waals surface area contributed by atoms with Gasteiger partial charge in [-0.05, 0) is 24.6 Å². The number of carbonyl (C=O) groups excluding carboxylic acids is 2. The van der Waals surface area contributed by atoms with E-state index >= 15 is 0 Å². The molecule has 2 rings (SSSR count). The summed E-state index contributed by atoms with van der Waals surface area (Å²) in [6, 6.07) is 7.00. The SMILES string of the molecule is CCOCc1cccc(NC(=O)[C@@H]2CC(=O)N(CC(F)(F)F)C2)c1. The van der Waals surface area contributed by atoms with E-state index in [1.807, 2.05) is 13.0 Å². The Bertz CT molecular complexity index is 604. The molecule has 1 N–H and O–H groups in total. The van der Waals surface area contributed by atoms with Gasteiger partial charge in [-0.3, -0.25) is 9.59 Å². The molecule has 1 atom stereocenters. The number of nitrogens with one attached hydrogen (secondary N) is 1. The van der Waals surface area contributed by atoms with Crippen LogP contribution in [0.1, 0.15) is 18.9 Å². The standard InChI is InChI=1S/C16H19F3N2O3/c1-2-24-9-11-4-3-5-13(6-11)20-15(23)12-7-14(22)21(8-12)10-16(17,18)19/h3-6,12H,2,7-10H2,1H3,(H,20,23)/t12-/m1/s1. The number of anilines is 1. The summed E-state index contributed by atoms with van der Waals surface area (Å²) >= 11 is 0. The summed E-state index contributed by atoms with van der Waals surface area (Å²) in [6.07, 6.45) is -4.67. The van der Waals surface area contributed by atoms with Crippen molar-refractivity contribution in [3.05, 3.63) is 29.8 Å². The van der Waals surface area contributed by atoms with Gasteiger partial charge in [0.15, 0.2) is 0 Å². The Morgan fingerprint density at radius 3 is 2.83 bits per heavy atom. The Kier molecular flexibility index (Phi) is 5.82. The average molecular weight is 344 g/mol. The van der Waals surface area contributed by atoms with E-state index in [0.29, 0.717) is 23.8 Å². The molecular formula is C16H19F3N2O3. The van der Waals surface area contributed by atoms with Crippen molar-refractivity contribution in [3.63, 3.8) is 0 Å². The molecular weight excluding hydrogens is 325 g/mol. The molecule has 1 saturated heterocycles. The lowest BCUT2D eigenvalue weighted by atomic mass is 10.1. The molecule has 0 unspecified atom stereocenters. The van der Waals surface area contributed by atoms with Crippen molar-refractivity contribution in [2.45, 2.75) is 26.1 Å². The number of amides is 2. The summed E-state index contributed by atoms with van der Waals surface area (Å²) in [4.78, 5) is 24.5. The van der Waals surface area contributed by atoms with Crippen LogP contribution in [0.4, 0.5) is 18.9 Å². The van der Waals surface area contributed by atoms with Crippen molar-refractivity contribution >= 4 is 17.5 Å². The highest BCUT2D eigenvalue weighted by Crippen LogP contribution is 2.25. The minimum atomic E-state index is -4.46. The normalized spacial score (nSPS) is 18.1. The highest BCUT2D eigenvalue weighted by molar-refractivity contribution is 5.97. The van der Waals surface area contributed by atoms with Crippen molar-refractivity contribution < 1.29 is 27.5 Å². The molecule has 8 heteroatoms. The van der Waals surface area contributed by atoms with Crippen LogP contribution in [0.2, 0.25) is 0 Å². The molecule has 1 aromatic carbocycles. The molecule has 0 bridgehead atoms. The largest absolute Gasteiger partial charge is 0.406 e. The number of alkyl halides is 3. The molecule has 1 aliphatic heterocycles. The number of hydrogen-bond acceptors (Lipinski definition) is 3. The molecule has 24 heavy (non-hydrogen) atoms. The zero-order valence-electron chi connectivity index (χ0n) is 13.2. The van der Waals surface area contributed by atoms with E-state index in [1.165, 1.54) is 0 Å². The summed E-state index contributed by atoms with van der Waals surface area (Å²) in [6.45, 7) is 1.30. The highest BCUT2D eigenvalue weighted by atomic mass is 19.4. The minimum Gasteiger partial charge on any atom is -0.377 e. The van der Waals surface area contributed by atoms with Gasteiger partial charge in [-0.15, -0.1) is 0 Å². The molecule has 0 radical (unpaired) electrons. The van der Waals surface area contributed by atoms with Gasteiger partial charge in [-0.1, -0.05) is 12.1 Å². The second kappa shape index (κ2) is 7.65.